The van der Waals surface area contributed by atoms with Crippen molar-refractivity contribution in [1.29, 1.82) is 0 Å². The minimum atomic E-state index is -0.389. The SMILES string of the molecule is CC(C)CC(=O)N=C=O. The molecule has 0 bridgehead atoms. The molecule has 50 valence electrons. The van der Waals surface area contributed by atoms with Crippen molar-refractivity contribution in [2.75, 3.05) is 0 Å². The molecule has 0 saturated carbocycles. The van der Waals surface area contributed by atoms with Gasteiger partial charge in [0.15, 0.2) is 0 Å². The number of aliphatic imine (C=N–C) groups is 1. The van der Waals surface area contributed by atoms with Crippen molar-refractivity contribution in [3.8, 4) is 0 Å². The second-order valence-corrected chi connectivity index (χ2v) is 2.19. The molecule has 0 spiro atoms. The van der Waals surface area contributed by atoms with Gasteiger partial charge in [-0.1, -0.05) is 13.8 Å². The van der Waals surface area contributed by atoms with E-state index in [1.165, 1.54) is 6.08 Å². The number of nitrogens with zero attached hydrogens (tertiary/aromatic N) is 1. The maximum atomic E-state index is 10.4. The van der Waals surface area contributed by atoms with Crippen LogP contribution in [0.15, 0.2) is 4.99 Å². The normalized spacial score (nSPS) is 8.78. The van der Waals surface area contributed by atoms with E-state index in [1.54, 1.807) is 0 Å². The molecule has 0 unspecified atom stereocenters. The lowest BCUT2D eigenvalue weighted by atomic mass is 10.1. The molecular weight excluding hydrogens is 118 g/mol. The summed E-state index contributed by atoms with van der Waals surface area (Å²) in [5.41, 5.74) is 0. The molecule has 0 rings (SSSR count). The third-order valence-electron chi connectivity index (χ3n) is 0.753. The number of isocyanates is 1. The number of hydrogen-bond acceptors (Lipinski definition) is 2. The van der Waals surface area contributed by atoms with E-state index < -0.39 is 0 Å². The smallest absolute Gasteiger partial charge is 0.256 e. The van der Waals surface area contributed by atoms with Crippen LogP contribution in [0.2, 0.25) is 0 Å². The fourth-order valence-electron chi connectivity index (χ4n) is 0.446. The molecule has 0 aromatic heterocycles. The summed E-state index contributed by atoms with van der Waals surface area (Å²) < 4.78 is 0. The summed E-state index contributed by atoms with van der Waals surface area (Å²) in [4.78, 5) is 22.8. The Hall–Kier alpha value is -0.950. The summed E-state index contributed by atoms with van der Waals surface area (Å²) >= 11 is 0. The zero-order valence-corrected chi connectivity index (χ0v) is 5.55. The lowest BCUT2D eigenvalue weighted by Crippen LogP contribution is -1.97. The first-order chi connectivity index (χ1) is 4.16. The van der Waals surface area contributed by atoms with Crippen LogP contribution in [0.1, 0.15) is 20.3 Å². The summed E-state index contributed by atoms with van der Waals surface area (Å²) in [6.07, 6.45) is 1.53. The monoisotopic (exact) mass is 127 g/mol. The zero-order chi connectivity index (χ0) is 7.28. The number of hydrogen-bond donors (Lipinski definition) is 0. The summed E-state index contributed by atoms with van der Waals surface area (Å²) in [6, 6.07) is 0. The predicted octanol–water partition coefficient (Wildman–Crippen LogP) is 0.895. The summed E-state index contributed by atoms with van der Waals surface area (Å²) in [6.45, 7) is 3.77. The molecule has 0 aliphatic carbocycles. The molecule has 0 N–H and O–H groups in total. The Balaban J connectivity index is 3.64. The largest absolute Gasteiger partial charge is 0.272 e. The van der Waals surface area contributed by atoms with Crippen molar-refractivity contribution in [2.45, 2.75) is 20.3 Å². The van der Waals surface area contributed by atoms with Gasteiger partial charge >= 0.3 is 0 Å². The fraction of sp³-hybridized carbons (Fsp3) is 0.667. The molecule has 3 nitrogen and oxygen atoms in total. The number of carbonyl (C=O) groups is 1. The van der Waals surface area contributed by atoms with Crippen LogP contribution >= 0.6 is 0 Å². The van der Waals surface area contributed by atoms with Crippen LogP contribution in [0.4, 0.5) is 0 Å². The Bertz CT molecular complexity index is 145. The minimum Gasteiger partial charge on any atom is -0.272 e. The molecule has 0 saturated heterocycles. The highest BCUT2D eigenvalue weighted by molar-refractivity contribution is 5.81. The van der Waals surface area contributed by atoms with Gasteiger partial charge < -0.3 is 0 Å². The number of rotatable bonds is 2. The first-order valence-electron chi connectivity index (χ1n) is 2.77. The van der Waals surface area contributed by atoms with E-state index in [0.717, 1.165) is 0 Å². The van der Waals surface area contributed by atoms with Crippen LogP contribution in [-0.4, -0.2) is 12.0 Å². The molecule has 0 aliphatic heterocycles. The zero-order valence-electron chi connectivity index (χ0n) is 5.55. The summed E-state index contributed by atoms with van der Waals surface area (Å²) in [5.74, 6) is -0.130. The van der Waals surface area contributed by atoms with E-state index in [4.69, 9.17) is 0 Å². The van der Waals surface area contributed by atoms with E-state index in [2.05, 4.69) is 4.99 Å². The van der Waals surface area contributed by atoms with Gasteiger partial charge in [-0.15, -0.1) is 4.99 Å². The average molecular weight is 127 g/mol. The fourth-order valence-corrected chi connectivity index (χ4v) is 0.446. The summed E-state index contributed by atoms with van der Waals surface area (Å²) in [5, 5.41) is 0. The van der Waals surface area contributed by atoms with Gasteiger partial charge in [0.25, 0.3) is 5.91 Å². The first-order valence-corrected chi connectivity index (χ1v) is 2.77. The van der Waals surface area contributed by atoms with Gasteiger partial charge in [0, 0.05) is 6.42 Å². The van der Waals surface area contributed by atoms with Gasteiger partial charge in [0.1, 0.15) is 0 Å². The van der Waals surface area contributed by atoms with Crippen LogP contribution in [0.25, 0.3) is 0 Å². The van der Waals surface area contributed by atoms with Gasteiger partial charge in [-0.25, -0.2) is 4.79 Å². The van der Waals surface area contributed by atoms with Gasteiger partial charge in [0.2, 0.25) is 6.08 Å². The Labute approximate surface area is 53.8 Å². The van der Waals surface area contributed by atoms with Crippen molar-refractivity contribution in [2.24, 2.45) is 10.9 Å². The van der Waals surface area contributed by atoms with Gasteiger partial charge in [-0.05, 0) is 5.92 Å². The van der Waals surface area contributed by atoms with E-state index >= 15 is 0 Å². The van der Waals surface area contributed by atoms with Crippen molar-refractivity contribution in [3.63, 3.8) is 0 Å². The maximum absolute atomic E-state index is 10.4. The second-order valence-electron chi connectivity index (χ2n) is 2.19. The molecule has 0 radical (unpaired) electrons. The van der Waals surface area contributed by atoms with Crippen molar-refractivity contribution in [1.82, 2.24) is 0 Å². The van der Waals surface area contributed by atoms with Crippen molar-refractivity contribution < 1.29 is 9.59 Å². The van der Waals surface area contributed by atoms with Gasteiger partial charge in [-0.2, -0.15) is 0 Å². The van der Waals surface area contributed by atoms with Gasteiger partial charge in [-0.3, -0.25) is 4.79 Å². The molecule has 3 heteroatoms. The van der Waals surface area contributed by atoms with E-state index in [-0.39, 0.29) is 11.8 Å². The molecule has 9 heavy (non-hydrogen) atoms. The van der Waals surface area contributed by atoms with E-state index in [9.17, 15) is 9.59 Å². The van der Waals surface area contributed by atoms with E-state index in [1.807, 2.05) is 13.8 Å². The number of amides is 1. The molecule has 0 atom stereocenters. The van der Waals surface area contributed by atoms with Crippen molar-refractivity contribution >= 4 is 12.0 Å². The van der Waals surface area contributed by atoms with Crippen LogP contribution in [0, 0.1) is 5.92 Å². The number of carbonyl (C=O) groups excluding carboxylic acids is 2. The second kappa shape index (κ2) is 3.98. The molecule has 0 aromatic rings. The van der Waals surface area contributed by atoms with Gasteiger partial charge in [0.05, 0.1) is 0 Å². The highest BCUT2D eigenvalue weighted by Crippen LogP contribution is 1.99. The Morgan fingerprint density at radius 3 is 2.56 bits per heavy atom. The Morgan fingerprint density at radius 2 is 2.22 bits per heavy atom. The molecule has 0 aromatic carbocycles. The van der Waals surface area contributed by atoms with E-state index in [0.29, 0.717) is 6.42 Å². The molecule has 0 aliphatic rings. The average Bonchev–Trinajstić information content (AvgIpc) is 1.63. The maximum Gasteiger partial charge on any atom is 0.256 e. The minimum absolute atomic E-state index is 0.259. The third-order valence-corrected chi connectivity index (χ3v) is 0.753. The highest BCUT2D eigenvalue weighted by atomic mass is 16.2. The predicted molar refractivity (Wildman–Crippen MR) is 32.6 cm³/mol. The van der Waals surface area contributed by atoms with Crippen LogP contribution in [0.5, 0.6) is 0 Å². The highest BCUT2D eigenvalue weighted by Gasteiger charge is 2.00. The standard InChI is InChI=1S/C6H9NO2/c1-5(2)3-6(9)7-4-8/h5H,3H2,1-2H3. The van der Waals surface area contributed by atoms with Crippen LogP contribution in [0.3, 0.4) is 0 Å². The molecular formula is C6H9NO2. The van der Waals surface area contributed by atoms with Crippen LogP contribution < -0.4 is 0 Å². The first kappa shape index (κ1) is 8.05. The Kier molecular flexibility index (Phi) is 3.56. The summed E-state index contributed by atoms with van der Waals surface area (Å²) in [7, 11) is 0. The lowest BCUT2D eigenvalue weighted by Gasteiger charge is -1.94. The molecule has 0 fully saturated rings. The Morgan fingerprint density at radius 1 is 1.67 bits per heavy atom. The third kappa shape index (κ3) is 4.91. The quantitative estimate of drug-likeness (QED) is 0.408. The van der Waals surface area contributed by atoms with Crippen LogP contribution in [-0.2, 0) is 9.59 Å². The molecule has 0 heterocycles. The topological polar surface area (TPSA) is 46.5 Å². The molecule has 1 amide bonds. The van der Waals surface area contributed by atoms with Crippen molar-refractivity contribution in [3.05, 3.63) is 0 Å². The lowest BCUT2D eigenvalue weighted by molar-refractivity contribution is -0.118.